The fourth-order valence-corrected chi connectivity index (χ4v) is 2.88. The number of nitrogens with zero attached hydrogens (tertiary/aromatic N) is 3. The number of benzene rings is 1. The van der Waals surface area contributed by atoms with Crippen molar-refractivity contribution in [2.45, 2.75) is 33.0 Å². The Morgan fingerprint density at radius 2 is 2.05 bits per heavy atom. The Bertz CT molecular complexity index is 669. The maximum Gasteiger partial charge on any atom is 0.213 e. The topological polar surface area (TPSA) is 37.7 Å². The van der Waals surface area contributed by atoms with Gasteiger partial charge in [-0.25, -0.2) is 4.98 Å². The second kappa shape index (κ2) is 6.18. The normalized spacial score (nSPS) is 18.0. The third kappa shape index (κ3) is 2.69. The van der Waals surface area contributed by atoms with E-state index in [1.807, 2.05) is 31.5 Å². The molecular weight excluding hydrogens is 274 g/mol. The van der Waals surface area contributed by atoms with Gasteiger partial charge in [-0.3, -0.25) is 4.99 Å². The van der Waals surface area contributed by atoms with E-state index in [1.54, 1.807) is 0 Å². The number of rotatable bonds is 4. The average molecular weight is 295 g/mol. The van der Waals surface area contributed by atoms with Crippen molar-refractivity contribution in [3.05, 3.63) is 53.7 Å². The summed E-state index contributed by atoms with van der Waals surface area (Å²) in [7, 11) is 0. The van der Waals surface area contributed by atoms with Gasteiger partial charge < -0.3 is 9.64 Å². The van der Waals surface area contributed by atoms with Crippen LogP contribution in [0.1, 0.15) is 37.9 Å². The van der Waals surface area contributed by atoms with Crippen LogP contribution in [-0.2, 0) is 0 Å². The number of ether oxygens (including phenoxy) is 1. The smallest absolute Gasteiger partial charge is 0.213 e. The zero-order chi connectivity index (χ0) is 15.5. The number of fused-ring (bicyclic) bond motifs is 1. The van der Waals surface area contributed by atoms with Gasteiger partial charge in [0, 0.05) is 17.8 Å². The number of hydrogen-bond acceptors (Lipinski definition) is 4. The van der Waals surface area contributed by atoms with Crippen molar-refractivity contribution in [3.8, 4) is 5.88 Å². The molecule has 1 aromatic carbocycles. The van der Waals surface area contributed by atoms with Gasteiger partial charge in [0.2, 0.25) is 5.88 Å². The average Bonchev–Trinajstić information content (AvgIpc) is 2.55. The second-order valence-electron chi connectivity index (χ2n) is 5.42. The highest BCUT2D eigenvalue weighted by Crippen LogP contribution is 2.34. The lowest BCUT2D eigenvalue weighted by molar-refractivity contribution is 0.326. The summed E-state index contributed by atoms with van der Waals surface area (Å²) in [6.07, 6.45) is 3.89. The van der Waals surface area contributed by atoms with Crippen LogP contribution in [0.5, 0.6) is 5.88 Å². The minimum absolute atomic E-state index is 0.0856. The molecule has 0 N–H and O–H groups in total. The van der Waals surface area contributed by atoms with Gasteiger partial charge in [0.15, 0.2) is 0 Å². The largest absolute Gasteiger partial charge is 0.478 e. The maximum absolute atomic E-state index is 5.49. The first-order chi connectivity index (χ1) is 10.7. The summed E-state index contributed by atoms with van der Waals surface area (Å²) in [5, 5.41) is 0. The van der Waals surface area contributed by atoms with Gasteiger partial charge in [-0.15, -0.1) is 0 Å². The van der Waals surface area contributed by atoms with Crippen LogP contribution in [0.25, 0.3) is 0 Å². The van der Waals surface area contributed by atoms with Crippen LogP contribution >= 0.6 is 0 Å². The molecule has 0 saturated heterocycles. The molecule has 3 rings (SSSR count). The molecule has 0 amide bonds. The highest BCUT2D eigenvalue weighted by molar-refractivity contribution is 5.90. The molecule has 2 atom stereocenters. The minimum Gasteiger partial charge on any atom is -0.478 e. The molecule has 0 radical (unpaired) electrons. The summed E-state index contributed by atoms with van der Waals surface area (Å²) < 4.78 is 5.49. The van der Waals surface area contributed by atoms with Gasteiger partial charge >= 0.3 is 0 Å². The summed E-state index contributed by atoms with van der Waals surface area (Å²) in [4.78, 5) is 11.3. The summed E-state index contributed by atoms with van der Waals surface area (Å²) >= 11 is 0. The Balaban J connectivity index is 1.97. The summed E-state index contributed by atoms with van der Waals surface area (Å²) in [5.74, 6) is 0.648. The van der Waals surface area contributed by atoms with E-state index in [1.165, 1.54) is 5.56 Å². The van der Waals surface area contributed by atoms with Crippen LogP contribution in [0, 0.1) is 0 Å². The third-order valence-corrected chi connectivity index (χ3v) is 3.99. The molecule has 4 nitrogen and oxygen atoms in total. The third-order valence-electron chi connectivity index (χ3n) is 3.99. The molecule has 0 bridgehead atoms. The van der Waals surface area contributed by atoms with Gasteiger partial charge in [-0.2, -0.15) is 0 Å². The Labute approximate surface area is 131 Å². The first-order valence-electron chi connectivity index (χ1n) is 7.70. The second-order valence-corrected chi connectivity index (χ2v) is 5.42. The molecule has 2 heterocycles. The Hall–Kier alpha value is -2.36. The maximum atomic E-state index is 5.49. The highest BCUT2D eigenvalue weighted by atomic mass is 16.5. The molecule has 2 aromatic rings. The van der Waals surface area contributed by atoms with Gasteiger partial charge in [0.1, 0.15) is 6.17 Å². The molecule has 1 aliphatic rings. The molecule has 1 aromatic heterocycles. The summed E-state index contributed by atoms with van der Waals surface area (Å²) in [5.41, 5.74) is 3.42. The minimum atomic E-state index is 0.0856. The lowest BCUT2D eigenvalue weighted by Gasteiger charge is -2.37. The van der Waals surface area contributed by atoms with Crippen LogP contribution in [0.4, 0.5) is 5.69 Å². The number of pyridine rings is 1. The molecule has 1 aliphatic heterocycles. The fraction of sp³-hybridized carbons (Fsp3) is 0.333. The molecule has 0 spiro atoms. The molecule has 114 valence electrons. The van der Waals surface area contributed by atoms with Crippen molar-refractivity contribution in [2.75, 3.05) is 11.5 Å². The molecular formula is C18H21N3O. The van der Waals surface area contributed by atoms with E-state index in [4.69, 9.17) is 4.74 Å². The molecule has 0 aliphatic carbocycles. The van der Waals surface area contributed by atoms with E-state index in [9.17, 15) is 0 Å². The number of aliphatic imine (C=N–C) groups is 1. The van der Waals surface area contributed by atoms with Crippen molar-refractivity contribution in [2.24, 2.45) is 4.99 Å². The molecule has 0 saturated carbocycles. The SMILES string of the molecule is CCOc1cc2c(cn1)N([C@H](C)c1ccccc1)C(C)N=C2. The van der Waals surface area contributed by atoms with Crippen LogP contribution in [0.2, 0.25) is 0 Å². The lowest BCUT2D eigenvalue weighted by atomic mass is 10.0. The monoisotopic (exact) mass is 295 g/mol. The zero-order valence-corrected chi connectivity index (χ0v) is 13.2. The molecule has 1 unspecified atom stereocenters. The van der Waals surface area contributed by atoms with Crippen molar-refractivity contribution in [1.82, 2.24) is 4.98 Å². The number of anilines is 1. The Morgan fingerprint density at radius 3 is 2.77 bits per heavy atom. The number of hydrogen-bond donors (Lipinski definition) is 0. The van der Waals surface area contributed by atoms with E-state index < -0.39 is 0 Å². The van der Waals surface area contributed by atoms with Crippen molar-refractivity contribution < 1.29 is 4.74 Å². The fourth-order valence-electron chi connectivity index (χ4n) is 2.88. The first kappa shape index (κ1) is 14.6. The van der Waals surface area contributed by atoms with Gasteiger partial charge in [0.25, 0.3) is 0 Å². The van der Waals surface area contributed by atoms with Crippen LogP contribution in [-0.4, -0.2) is 24.0 Å². The molecule has 4 heteroatoms. The summed E-state index contributed by atoms with van der Waals surface area (Å²) in [6, 6.07) is 12.7. The van der Waals surface area contributed by atoms with Crippen LogP contribution in [0.3, 0.4) is 0 Å². The van der Waals surface area contributed by atoms with E-state index in [-0.39, 0.29) is 12.2 Å². The van der Waals surface area contributed by atoms with Gasteiger partial charge in [-0.05, 0) is 26.3 Å². The quantitative estimate of drug-likeness (QED) is 0.860. The van der Waals surface area contributed by atoms with Crippen LogP contribution < -0.4 is 9.64 Å². The Morgan fingerprint density at radius 1 is 1.27 bits per heavy atom. The van der Waals surface area contributed by atoms with E-state index >= 15 is 0 Å². The van der Waals surface area contributed by atoms with Crippen LogP contribution in [0.15, 0.2) is 47.6 Å². The van der Waals surface area contributed by atoms with Gasteiger partial charge in [-0.1, -0.05) is 30.3 Å². The lowest BCUT2D eigenvalue weighted by Crippen LogP contribution is -2.37. The number of aromatic nitrogens is 1. The van der Waals surface area contributed by atoms with Crippen molar-refractivity contribution >= 4 is 11.9 Å². The predicted octanol–water partition coefficient (Wildman–Crippen LogP) is 3.83. The molecule has 22 heavy (non-hydrogen) atoms. The standard InChI is InChI=1S/C18H21N3O/c1-4-22-18-10-16-11-19-14(3)21(17(16)12-20-18)13(2)15-8-6-5-7-9-15/h5-14H,4H2,1-3H3/t13-,14?/m1/s1. The zero-order valence-electron chi connectivity index (χ0n) is 13.2. The van der Waals surface area contributed by atoms with E-state index in [0.29, 0.717) is 12.5 Å². The van der Waals surface area contributed by atoms with E-state index in [2.05, 4.69) is 53.0 Å². The van der Waals surface area contributed by atoms with E-state index in [0.717, 1.165) is 11.3 Å². The van der Waals surface area contributed by atoms with Crippen molar-refractivity contribution in [1.29, 1.82) is 0 Å². The summed E-state index contributed by atoms with van der Waals surface area (Å²) in [6.45, 7) is 6.88. The van der Waals surface area contributed by atoms with Crippen molar-refractivity contribution in [3.63, 3.8) is 0 Å². The molecule has 0 fully saturated rings. The Kier molecular flexibility index (Phi) is 4.09. The van der Waals surface area contributed by atoms with Gasteiger partial charge in [0.05, 0.1) is 24.5 Å². The first-order valence-corrected chi connectivity index (χ1v) is 7.70. The highest BCUT2D eigenvalue weighted by Gasteiger charge is 2.26. The predicted molar refractivity (Wildman–Crippen MR) is 89.8 cm³/mol.